The Morgan fingerprint density at radius 1 is 0.623 bits per heavy atom. The molecule has 0 aliphatic carbocycles. The van der Waals surface area contributed by atoms with Gasteiger partial charge in [-0.1, -0.05) is 6.07 Å². The first-order valence-electron chi connectivity index (χ1n) is 17.9. The standard InChI is InChI=1S/C41H51N3O9/c1-11-42(12-2)40(45)39-37(28-23-35(51-9)36(52-10)24-31(28)53-41(46)43(13-3)14-4)29(19-25-15-16-30(47-5)32(20-25)48-6)38-27-22-34(50-8)33(49-7)21-26(27)17-18-44(38)39/h15-16,20-24H,11-14,17-19H2,1-10H3. The molecule has 12 heteroatoms. The van der Waals surface area contributed by atoms with Crippen LogP contribution in [0.3, 0.4) is 0 Å². The lowest BCUT2D eigenvalue weighted by Crippen LogP contribution is -2.33. The third-order valence-electron chi connectivity index (χ3n) is 9.89. The zero-order valence-electron chi connectivity index (χ0n) is 32.5. The van der Waals surface area contributed by atoms with Gasteiger partial charge in [-0.3, -0.25) is 4.79 Å². The maximum Gasteiger partial charge on any atom is 0.415 e. The van der Waals surface area contributed by atoms with Gasteiger partial charge in [-0.2, -0.15) is 0 Å². The average molecular weight is 730 g/mol. The molecule has 4 aromatic rings. The van der Waals surface area contributed by atoms with Gasteiger partial charge in [0.1, 0.15) is 11.4 Å². The monoisotopic (exact) mass is 729 g/mol. The highest BCUT2D eigenvalue weighted by Gasteiger charge is 2.36. The van der Waals surface area contributed by atoms with Crippen LogP contribution >= 0.6 is 0 Å². The molecule has 0 atom stereocenters. The number of aromatic nitrogens is 1. The van der Waals surface area contributed by atoms with Crippen LogP contribution in [0.5, 0.6) is 40.2 Å². The van der Waals surface area contributed by atoms with Crippen molar-refractivity contribution in [1.82, 2.24) is 14.4 Å². The fourth-order valence-electron chi connectivity index (χ4n) is 7.10. The number of fused-ring (bicyclic) bond motifs is 3. The lowest BCUT2D eigenvalue weighted by atomic mass is 9.89. The number of hydrogen-bond acceptors (Lipinski definition) is 9. The number of amides is 2. The third-order valence-corrected chi connectivity index (χ3v) is 9.89. The summed E-state index contributed by atoms with van der Waals surface area (Å²) in [5, 5.41) is 0. The first kappa shape index (κ1) is 38.7. The van der Waals surface area contributed by atoms with Crippen molar-refractivity contribution < 1.29 is 42.7 Å². The van der Waals surface area contributed by atoms with E-state index < -0.39 is 6.09 Å². The van der Waals surface area contributed by atoms with Crippen LogP contribution < -0.4 is 33.2 Å². The molecule has 0 saturated carbocycles. The van der Waals surface area contributed by atoms with Gasteiger partial charge in [-0.25, -0.2) is 4.79 Å². The molecule has 2 heterocycles. The van der Waals surface area contributed by atoms with Crippen LogP contribution in [0.25, 0.3) is 22.4 Å². The molecule has 1 aliphatic heterocycles. The number of aryl methyl sites for hydroxylation is 1. The van der Waals surface area contributed by atoms with Gasteiger partial charge in [-0.15, -0.1) is 0 Å². The van der Waals surface area contributed by atoms with Crippen LogP contribution in [0.4, 0.5) is 4.79 Å². The lowest BCUT2D eigenvalue weighted by Gasteiger charge is -2.26. The number of methoxy groups -OCH3 is 6. The second-order valence-corrected chi connectivity index (χ2v) is 12.4. The average Bonchev–Trinajstić information content (AvgIpc) is 3.51. The molecule has 53 heavy (non-hydrogen) atoms. The van der Waals surface area contributed by atoms with Crippen LogP contribution in [0.2, 0.25) is 0 Å². The number of benzene rings is 3. The van der Waals surface area contributed by atoms with Crippen molar-refractivity contribution in [2.75, 3.05) is 68.8 Å². The summed E-state index contributed by atoms with van der Waals surface area (Å²) >= 11 is 0. The summed E-state index contributed by atoms with van der Waals surface area (Å²) < 4.78 is 42.6. The Kier molecular flexibility index (Phi) is 12.3. The molecular weight excluding hydrogens is 678 g/mol. The van der Waals surface area contributed by atoms with Gasteiger partial charge in [0.25, 0.3) is 5.91 Å². The summed E-state index contributed by atoms with van der Waals surface area (Å²) in [5.74, 6) is 3.24. The van der Waals surface area contributed by atoms with E-state index >= 15 is 0 Å². The Morgan fingerprint density at radius 3 is 1.72 bits per heavy atom. The number of hydrogen-bond donors (Lipinski definition) is 0. The van der Waals surface area contributed by atoms with Crippen LogP contribution in [-0.4, -0.2) is 95.2 Å². The molecule has 5 rings (SSSR count). The highest BCUT2D eigenvalue weighted by atomic mass is 16.6. The number of rotatable bonds is 15. The van der Waals surface area contributed by atoms with Crippen molar-refractivity contribution >= 4 is 12.0 Å². The predicted molar refractivity (Wildman–Crippen MR) is 204 cm³/mol. The second-order valence-electron chi connectivity index (χ2n) is 12.4. The minimum atomic E-state index is -0.521. The third kappa shape index (κ3) is 7.27. The summed E-state index contributed by atoms with van der Waals surface area (Å²) in [6, 6.07) is 13.2. The Bertz CT molecular complexity index is 1960. The van der Waals surface area contributed by atoms with Gasteiger partial charge >= 0.3 is 6.09 Å². The SMILES string of the molecule is CCN(CC)C(=O)Oc1cc(OC)c(OC)cc1-c1c(Cc2ccc(OC)c(OC)c2)c2n(c1C(=O)N(CC)CC)CCc1cc(OC)c(OC)cc1-2. The summed E-state index contributed by atoms with van der Waals surface area (Å²) in [5.41, 5.74) is 6.18. The van der Waals surface area contributed by atoms with E-state index in [0.717, 1.165) is 27.9 Å². The van der Waals surface area contributed by atoms with E-state index in [9.17, 15) is 9.59 Å². The fraction of sp³-hybridized carbons (Fsp3) is 0.415. The number of nitrogens with zero attached hydrogens (tertiary/aromatic N) is 3. The van der Waals surface area contributed by atoms with E-state index in [1.807, 2.05) is 58.0 Å². The molecular formula is C41H51N3O9. The van der Waals surface area contributed by atoms with E-state index in [0.29, 0.717) is 96.9 Å². The van der Waals surface area contributed by atoms with Crippen molar-refractivity contribution in [3.63, 3.8) is 0 Å². The zero-order chi connectivity index (χ0) is 38.4. The number of carbonyl (C=O) groups excluding carboxylic acids is 2. The highest BCUT2D eigenvalue weighted by molar-refractivity contribution is 6.04. The Labute approximate surface area is 312 Å². The largest absolute Gasteiger partial charge is 0.493 e. The molecule has 0 unspecified atom stereocenters. The lowest BCUT2D eigenvalue weighted by molar-refractivity contribution is 0.0763. The molecule has 0 fully saturated rings. The van der Waals surface area contributed by atoms with Gasteiger partial charge in [0.05, 0.1) is 48.4 Å². The van der Waals surface area contributed by atoms with E-state index in [4.69, 9.17) is 33.2 Å². The molecule has 3 aromatic carbocycles. The summed E-state index contributed by atoms with van der Waals surface area (Å²) in [4.78, 5) is 31.9. The maximum atomic E-state index is 14.9. The molecule has 0 radical (unpaired) electrons. The quantitative estimate of drug-likeness (QED) is 0.124. The van der Waals surface area contributed by atoms with Crippen LogP contribution in [0, 0.1) is 0 Å². The van der Waals surface area contributed by atoms with Gasteiger partial charge in [0.15, 0.2) is 34.5 Å². The van der Waals surface area contributed by atoms with Crippen LogP contribution in [-0.2, 0) is 19.4 Å². The Hall–Kier alpha value is -5.52. The van der Waals surface area contributed by atoms with Crippen molar-refractivity contribution in [3.8, 4) is 62.6 Å². The van der Waals surface area contributed by atoms with Gasteiger partial charge in [0, 0.05) is 61.9 Å². The Morgan fingerprint density at radius 2 is 1.15 bits per heavy atom. The van der Waals surface area contributed by atoms with Gasteiger partial charge in [-0.05, 0) is 81.1 Å². The minimum absolute atomic E-state index is 0.149. The zero-order valence-corrected chi connectivity index (χ0v) is 32.5. The summed E-state index contributed by atoms with van der Waals surface area (Å²) in [7, 11) is 9.51. The molecule has 0 N–H and O–H groups in total. The molecule has 1 aliphatic rings. The van der Waals surface area contributed by atoms with E-state index in [1.54, 1.807) is 57.5 Å². The van der Waals surface area contributed by atoms with Crippen molar-refractivity contribution in [1.29, 1.82) is 0 Å². The molecule has 1 aromatic heterocycles. The highest BCUT2D eigenvalue weighted by Crippen LogP contribution is 2.50. The maximum absolute atomic E-state index is 14.9. The number of ether oxygens (including phenoxy) is 7. The molecule has 0 saturated heterocycles. The van der Waals surface area contributed by atoms with Crippen LogP contribution in [0.15, 0.2) is 42.5 Å². The molecule has 2 amide bonds. The van der Waals surface area contributed by atoms with Crippen molar-refractivity contribution in [2.24, 2.45) is 0 Å². The summed E-state index contributed by atoms with van der Waals surface area (Å²) in [6.45, 7) is 10.1. The molecule has 12 nitrogen and oxygen atoms in total. The van der Waals surface area contributed by atoms with Crippen molar-refractivity contribution in [3.05, 3.63) is 64.8 Å². The van der Waals surface area contributed by atoms with Gasteiger partial charge in [0.2, 0.25) is 0 Å². The van der Waals surface area contributed by atoms with E-state index in [-0.39, 0.29) is 11.7 Å². The first-order valence-corrected chi connectivity index (χ1v) is 17.9. The first-order chi connectivity index (χ1) is 25.7. The number of carbonyl (C=O) groups is 2. The normalized spacial score (nSPS) is 11.6. The van der Waals surface area contributed by atoms with Gasteiger partial charge < -0.3 is 47.5 Å². The minimum Gasteiger partial charge on any atom is -0.493 e. The molecule has 284 valence electrons. The molecule has 0 bridgehead atoms. The predicted octanol–water partition coefficient (Wildman–Crippen LogP) is 7.34. The van der Waals surface area contributed by atoms with E-state index in [2.05, 4.69) is 4.57 Å². The van der Waals surface area contributed by atoms with Crippen LogP contribution in [0.1, 0.15) is 54.9 Å². The topological polar surface area (TPSA) is 110 Å². The van der Waals surface area contributed by atoms with E-state index in [1.165, 1.54) is 7.11 Å². The smallest absolute Gasteiger partial charge is 0.415 e. The fourth-order valence-corrected chi connectivity index (χ4v) is 7.10. The summed E-state index contributed by atoms with van der Waals surface area (Å²) in [6.07, 6.45) is 0.496. The van der Waals surface area contributed by atoms with Crippen molar-refractivity contribution in [2.45, 2.75) is 47.1 Å². The molecule has 0 spiro atoms. The second kappa shape index (κ2) is 16.9. The Balaban J connectivity index is 1.96.